The van der Waals surface area contributed by atoms with Crippen molar-refractivity contribution >= 4 is 11.7 Å². The van der Waals surface area contributed by atoms with Gasteiger partial charge in [-0.2, -0.15) is 5.10 Å². The fourth-order valence-corrected chi connectivity index (χ4v) is 2.11. The molecule has 118 valence electrons. The van der Waals surface area contributed by atoms with Crippen molar-refractivity contribution in [3.63, 3.8) is 0 Å². The fourth-order valence-electron chi connectivity index (χ4n) is 2.11. The number of nitrogens with one attached hydrogen (secondary N) is 3. The molecule has 0 aliphatic rings. The number of likely N-dealkylation sites (N-methyl/N-ethyl adjacent to an activating group) is 1. The first kappa shape index (κ1) is 15.8. The Balaban J connectivity index is 1.95. The lowest BCUT2D eigenvalue weighted by atomic mass is 10.1. The monoisotopic (exact) mass is 303 g/mol. The zero-order valence-electron chi connectivity index (χ0n) is 13.0. The van der Waals surface area contributed by atoms with Gasteiger partial charge in [-0.15, -0.1) is 0 Å². The summed E-state index contributed by atoms with van der Waals surface area (Å²) >= 11 is 0. The zero-order valence-corrected chi connectivity index (χ0v) is 13.0. The molecule has 0 aliphatic carbocycles. The van der Waals surface area contributed by atoms with Crippen molar-refractivity contribution in [3.8, 4) is 5.75 Å². The molecule has 0 spiro atoms. The molecule has 1 heterocycles. The van der Waals surface area contributed by atoms with Crippen molar-refractivity contribution in [2.75, 3.05) is 33.1 Å². The van der Waals surface area contributed by atoms with E-state index < -0.39 is 0 Å². The summed E-state index contributed by atoms with van der Waals surface area (Å²) in [6.07, 6.45) is 3.17. The number of carbonyl (C=O) groups excluding carboxylic acids is 1. The molecule has 0 bridgehead atoms. The van der Waals surface area contributed by atoms with Crippen LogP contribution in [0.4, 0.5) is 10.5 Å². The van der Waals surface area contributed by atoms with Crippen LogP contribution < -0.4 is 15.4 Å². The first-order chi connectivity index (χ1) is 10.6. The van der Waals surface area contributed by atoms with E-state index in [1.165, 1.54) is 0 Å². The largest absolute Gasteiger partial charge is 0.497 e. The highest BCUT2D eigenvalue weighted by molar-refractivity contribution is 5.88. The number of hydrogen-bond acceptors (Lipinski definition) is 4. The number of nitrogens with zero attached hydrogens (tertiary/aromatic N) is 2. The van der Waals surface area contributed by atoms with Gasteiger partial charge in [0.2, 0.25) is 0 Å². The number of anilines is 1. The van der Waals surface area contributed by atoms with E-state index in [9.17, 15) is 4.79 Å². The highest BCUT2D eigenvalue weighted by atomic mass is 16.5. The molecule has 22 heavy (non-hydrogen) atoms. The van der Waals surface area contributed by atoms with Crippen LogP contribution in [0, 0.1) is 0 Å². The molecule has 1 aromatic carbocycles. The van der Waals surface area contributed by atoms with Crippen LogP contribution in [0.3, 0.4) is 0 Å². The SMILES string of the molecule is COc1ccc([C@H](CNC(=O)Nc2cn[nH]c2)N(C)C)cc1. The third-order valence-corrected chi connectivity index (χ3v) is 3.34. The Bertz CT molecular complexity index is 580. The van der Waals surface area contributed by atoms with E-state index in [2.05, 4.69) is 25.7 Å². The molecule has 1 aromatic heterocycles. The van der Waals surface area contributed by atoms with E-state index in [-0.39, 0.29) is 12.1 Å². The van der Waals surface area contributed by atoms with Crippen LogP contribution in [-0.2, 0) is 0 Å². The Morgan fingerprint density at radius 2 is 2.09 bits per heavy atom. The molecule has 0 aliphatic heterocycles. The number of benzene rings is 1. The Morgan fingerprint density at radius 1 is 1.36 bits per heavy atom. The summed E-state index contributed by atoms with van der Waals surface area (Å²) in [7, 11) is 5.59. The second-order valence-electron chi connectivity index (χ2n) is 5.07. The number of amides is 2. The van der Waals surface area contributed by atoms with Crippen molar-refractivity contribution in [2.45, 2.75) is 6.04 Å². The van der Waals surface area contributed by atoms with Crippen LogP contribution in [0.25, 0.3) is 0 Å². The summed E-state index contributed by atoms with van der Waals surface area (Å²) in [6.45, 7) is 0.489. The molecule has 0 fully saturated rings. The predicted molar refractivity (Wildman–Crippen MR) is 85.0 cm³/mol. The van der Waals surface area contributed by atoms with Crippen molar-refractivity contribution in [2.24, 2.45) is 0 Å². The average molecular weight is 303 g/mol. The minimum absolute atomic E-state index is 0.0704. The van der Waals surface area contributed by atoms with Gasteiger partial charge in [-0.25, -0.2) is 4.79 Å². The number of rotatable bonds is 6. The Labute approximate surface area is 129 Å². The molecule has 0 radical (unpaired) electrons. The number of methoxy groups -OCH3 is 1. The molecular formula is C15H21N5O2. The standard InChI is InChI=1S/C15H21N5O2/c1-20(2)14(11-4-6-13(22-3)7-5-11)10-16-15(21)19-12-8-17-18-9-12/h4-9,14H,10H2,1-3H3,(H,17,18)(H2,16,19,21)/t14-/m0/s1. The molecule has 0 saturated heterocycles. The Morgan fingerprint density at radius 3 is 2.64 bits per heavy atom. The van der Waals surface area contributed by atoms with Gasteiger partial charge in [0, 0.05) is 12.7 Å². The first-order valence-corrected chi connectivity index (χ1v) is 6.94. The van der Waals surface area contributed by atoms with Crippen molar-refractivity contribution < 1.29 is 9.53 Å². The molecule has 0 unspecified atom stereocenters. The number of H-pyrrole nitrogens is 1. The van der Waals surface area contributed by atoms with Gasteiger partial charge in [-0.1, -0.05) is 12.1 Å². The van der Waals surface area contributed by atoms with Gasteiger partial charge in [-0.3, -0.25) is 5.10 Å². The van der Waals surface area contributed by atoms with Crippen LogP contribution in [0.15, 0.2) is 36.7 Å². The summed E-state index contributed by atoms with van der Waals surface area (Å²) in [5.74, 6) is 0.812. The molecule has 0 saturated carbocycles. The quantitative estimate of drug-likeness (QED) is 0.760. The second-order valence-corrected chi connectivity index (χ2v) is 5.07. The average Bonchev–Trinajstić information content (AvgIpc) is 3.00. The third-order valence-electron chi connectivity index (χ3n) is 3.34. The maximum Gasteiger partial charge on any atom is 0.319 e. The molecule has 1 atom stereocenters. The molecule has 2 amide bonds. The third kappa shape index (κ3) is 4.23. The normalized spacial score (nSPS) is 12.0. The van der Waals surface area contributed by atoms with Crippen molar-refractivity contribution in [3.05, 3.63) is 42.2 Å². The topological polar surface area (TPSA) is 82.3 Å². The van der Waals surface area contributed by atoms with E-state index in [1.54, 1.807) is 19.5 Å². The maximum atomic E-state index is 11.9. The minimum Gasteiger partial charge on any atom is -0.497 e. The lowest BCUT2D eigenvalue weighted by molar-refractivity contribution is 0.243. The Kier molecular flexibility index (Phi) is 5.37. The number of aromatic amines is 1. The van der Waals surface area contributed by atoms with Gasteiger partial charge in [0.1, 0.15) is 5.75 Å². The Hall–Kier alpha value is -2.54. The van der Waals surface area contributed by atoms with Crippen LogP contribution in [-0.4, -0.2) is 48.9 Å². The molecule has 7 heteroatoms. The smallest absolute Gasteiger partial charge is 0.319 e. The van der Waals surface area contributed by atoms with E-state index in [0.717, 1.165) is 11.3 Å². The number of carbonyl (C=O) groups is 1. The van der Waals surface area contributed by atoms with E-state index in [1.807, 2.05) is 38.4 Å². The van der Waals surface area contributed by atoms with Gasteiger partial charge < -0.3 is 20.3 Å². The molecule has 2 rings (SSSR count). The van der Waals surface area contributed by atoms with Gasteiger partial charge in [0.15, 0.2) is 0 Å². The number of ether oxygens (including phenoxy) is 1. The lowest BCUT2D eigenvalue weighted by Gasteiger charge is -2.25. The lowest BCUT2D eigenvalue weighted by Crippen LogP contribution is -2.36. The van der Waals surface area contributed by atoms with E-state index in [0.29, 0.717) is 12.2 Å². The summed E-state index contributed by atoms with van der Waals surface area (Å²) in [5.41, 5.74) is 1.73. The zero-order chi connectivity index (χ0) is 15.9. The fraction of sp³-hybridized carbons (Fsp3) is 0.333. The minimum atomic E-state index is -0.262. The van der Waals surface area contributed by atoms with Crippen LogP contribution in [0.5, 0.6) is 5.75 Å². The van der Waals surface area contributed by atoms with E-state index in [4.69, 9.17) is 4.74 Å². The second kappa shape index (κ2) is 7.46. The molecule has 2 aromatic rings. The summed E-state index contributed by atoms with van der Waals surface area (Å²) in [6, 6.07) is 7.63. The predicted octanol–water partition coefficient (Wildman–Crippen LogP) is 1.84. The highest BCUT2D eigenvalue weighted by Gasteiger charge is 2.15. The van der Waals surface area contributed by atoms with Crippen LogP contribution >= 0.6 is 0 Å². The number of hydrogen-bond donors (Lipinski definition) is 3. The van der Waals surface area contributed by atoms with Crippen molar-refractivity contribution in [1.82, 2.24) is 20.4 Å². The summed E-state index contributed by atoms with van der Waals surface area (Å²) in [4.78, 5) is 13.9. The van der Waals surface area contributed by atoms with Crippen molar-refractivity contribution in [1.29, 1.82) is 0 Å². The summed E-state index contributed by atoms with van der Waals surface area (Å²) < 4.78 is 5.16. The van der Waals surface area contributed by atoms with E-state index >= 15 is 0 Å². The van der Waals surface area contributed by atoms with Gasteiger partial charge >= 0.3 is 6.03 Å². The number of aromatic nitrogens is 2. The van der Waals surface area contributed by atoms with Gasteiger partial charge in [-0.05, 0) is 31.8 Å². The molecule has 7 nitrogen and oxygen atoms in total. The van der Waals surface area contributed by atoms with Crippen LogP contribution in [0.2, 0.25) is 0 Å². The molecule has 3 N–H and O–H groups in total. The summed E-state index contributed by atoms with van der Waals surface area (Å²) in [5, 5.41) is 12.0. The molecular weight excluding hydrogens is 282 g/mol. The highest BCUT2D eigenvalue weighted by Crippen LogP contribution is 2.20. The van der Waals surface area contributed by atoms with Crippen LogP contribution in [0.1, 0.15) is 11.6 Å². The van der Waals surface area contributed by atoms with Gasteiger partial charge in [0.05, 0.1) is 25.0 Å². The first-order valence-electron chi connectivity index (χ1n) is 6.94. The van der Waals surface area contributed by atoms with Gasteiger partial charge in [0.25, 0.3) is 0 Å². The maximum absolute atomic E-state index is 11.9. The number of urea groups is 1.